The van der Waals surface area contributed by atoms with Crippen LogP contribution in [0.25, 0.3) is 58.8 Å². The average Bonchev–Trinajstić information content (AvgIpc) is 3.68. The smallest absolute Gasteiger partial charge is 0.119 e. The van der Waals surface area contributed by atoms with Gasteiger partial charge in [-0.1, -0.05) is 84.9 Å². The van der Waals surface area contributed by atoms with Crippen LogP contribution in [0.5, 0.6) is 5.75 Å². The van der Waals surface area contributed by atoms with Gasteiger partial charge in [-0.25, -0.2) is 0 Å². The minimum atomic E-state index is 0.836. The summed E-state index contributed by atoms with van der Waals surface area (Å²) in [5.74, 6) is 0.836. The standard InChI is InChI=1S/C43H30N2OS/c1-46-34-24-25-38-37(28-34)43-39(16-10-17-40(43)45(38)32-21-19-30(20-22-32)29-11-4-2-5-12-29)44(31-13-6-3-7-14-31)33-23-26-42-36(27-33)35-15-8-9-18-41(35)47-42/h2-28H,1H3. The Morgan fingerprint density at radius 2 is 1.23 bits per heavy atom. The Hall–Kier alpha value is -5.84. The summed E-state index contributed by atoms with van der Waals surface area (Å²) in [5, 5.41) is 4.89. The van der Waals surface area contributed by atoms with E-state index in [2.05, 4.69) is 173 Å². The summed E-state index contributed by atoms with van der Waals surface area (Å²) in [6.07, 6.45) is 0. The molecule has 0 radical (unpaired) electrons. The van der Waals surface area contributed by atoms with Crippen molar-refractivity contribution in [3.63, 3.8) is 0 Å². The maximum atomic E-state index is 5.78. The van der Waals surface area contributed by atoms with Gasteiger partial charge in [-0.05, 0) is 90.0 Å². The largest absolute Gasteiger partial charge is 0.497 e. The summed E-state index contributed by atoms with van der Waals surface area (Å²) in [4.78, 5) is 2.40. The molecule has 0 saturated carbocycles. The summed E-state index contributed by atoms with van der Waals surface area (Å²) in [6, 6.07) is 58.7. The number of rotatable bonds is 6. The van der Waals surface area contributed by atoms with Crippen molar-refractivity contribution < 1.29 is 4.74 Å². The molecular weight excluding hydrogens is 593 g/mol. The Kier molecular flexibility index (Phi) is 6.54. The molecule has 0 amide bonds. The van der Waals surface area contributed by atoms with Gasteiger partial charge >= 0.3 is 0 Å². The fourth-order valence-corrected chi connectivity index (χ4v) is 8.00. The average molecular weight is 623 g/mol. The highest BCUT2D eigenvalue weighted by molar-refractivity contribution is 7.25. The Morgan fingerprint density at radius 1 is 0.511 bits per heavy atom. The monoisotopic (exact) mass is 622 g/mol. The molecule has 0 unspecified atom stereocenters. The molecule has 0 saturated heterocycles. The molecular formula is C43H30N2OS. The van der Waals surface area contributed by atoms with Crippen LogP contribution < -0.4 is 9.64 Å². The lowest BCUT2D eigenvalue weighted by Gasteiger charge is -2.26. The van der Waals surface area contributed by atoms with Gasteiger partial charge in [0.05, 0.1) is 23.8 Å². The first-order valence-electron chi connectivity index (χ1n) is 15.8. The number of nitrogens with zero attached hydrogens (tertiary/aromatic N) is 2. The summed E-state index contributed by atoms with van der Waals surface area (Å²) < 4.78 is 10.8. The van der Waals surface area contributed by atoms with Gasteiger partial charge in [0.15, 0.2) is 0 Å². The van der Waals surface area contributed by atoms with Crippen LogP contribution in [-0.4, -0.2) is 11.7 Å². The minimum absolute atomic E-state index is 0.836. The first-order chi connectivity index (χ1) is 23.3. The van der Waals surface area contributed by atoms with Gasteiger partial charge in [0.2, 0.25) is 0 Å². The van der Waals surface area contributed by atoms with Gasteiger partial charge in [0, 0.05) is 48.0 Å². The number of thiophene rings is 1. The lowest BCUT2D eigenvalue weighted by molar-refractivity contribution is 0.415. The first kappa shape index (κ1) is 27.5. The maximum absolute atomic E-state index is 5.78. The van der Waals surface area contributed by atoms with Crippen LogP contribution in [0.3, 0.4) is 0 Å². The Morgan fingerprint density at radius 3 is 2.04 bits per heavy atom. The molecule has 0 spiro atoms. The Labute approximate surface area is 277 Å². The number of methoxy groups -OCH3 is 1. The van der Waals surface area contributed by atoms with Gasteiger partial charge < -0.3 is 14.2 Å². The molecule has 0 N–H and O–H groups in total. The maximum Gasteiger partial charge on any atom is 0.119 e. The van der Waals surface area contributed by atoms with Gasteiger partial charge in [-0.3, -0.25) is 0 Å². The highest BCUT2D eigenvalue weighted by Gasteiger charge is 2.22. The van der Waals surface area contributed by atoms with Crippen LogP contribution in [0.15, 0.2) is 164 Å². The lowest BCUT2D eigenvalue weighted by atomic mass is 10.1. The number of hydrogen-bond donors (Lipinski definition) is 0. The van der Waals surface area contributed by atoms with E-state index in [1.807, 2.05) is 11.3 Å². The molecule has 0 aliphatic heterocycles. The molecule has 0 aliphatic rings. The molecule has 0 atom stereocenters. The fourth-order valence-electron chi connectivity index (χ4n) is 6.91. The van der Waals surface area contributed by atoms with Crippen molar-refractivity contribution in [2.24, 2.45) is 0 Å². The van der Waals surface area contributed by atoms with Crippen molar-refractivity contribution in [3.8, 4) is 22.6 Å². The van der Waals surface area contributed by atoms with Gasteiger partial charge in [-0.15, -0.1) is 11.3 Å². The third-order valence-electron chi connectivity index (χ3n) is 9.08. The highest BCUT2D eigenvalue weighted by atomic mass is 32.1. The number of para-hydroxylation sites is 1. The zero-order valence-electron chi connectivity index (χ0n) is 25.8. The number of aromatic nitrogens is 1. The number of benzene rings is 7. The van der Waals surface area contributed by atoms with E-state index in [1.165, 1.54) is 36.7 Å². The second-order valence-corrected chi connectivity index (χ2v) is 12.8. The molecule has 9 aromatic rings. The summed E-state index contributed by atoms with van der Waals surface area (Å²) in [5.41, 5.74) is 9.14. The van der Waals surface area contributed by atoms with E-state index in [1.54, 1.807) is 7.11 Å². The zero-order valence-corrected chi connectivity index (χ0v) is 26.6. The third kappa shape index (κ3) is 4.57. The molecule has 4 heteroatoms. The van der Waals surface area contributed by atoms with Crippen molar-refractivity contribution in [1.29, 1.82) is 0 Å². The van der Waals surface area contributed by atoms with E-state index in [0.29, 0.717) is 0 Å². The summed E-state index contributed by atoms with van der Waals surface area (Å²) >= 11 is 1.85. The van der Waals surface area contributed by atoms with Crippen LogP contribution in [0.1, 0.15) is 0 Å². The Balaban J connectivity index is 1.31. The van der Waals surface area contributed by atoms with E-state index in [0.717, 1.165) is 44.9 Å². The molecule has 3 nitrogen and oxygen atoms in total. The number of anilines is 3. The molecule has 7 aromatic carbocycles. The van der Waals surface area contributed by atoms with Crippen molar-refractivity contribution >= 4 is 70.4 Å². The molecule has 2 heterocycles. The summed E-state index contributed by atoms with van der Waals surface area (Å²) in [7, 11) is 1.74. The number of fused-ring (bicyclic) bond motifs is 6. The van der Waals surface area contributed by atoms with Gasteiger partial charge in [0.25, 0.3) is 0 Å². The molecule has 47 heavy (non-hydrogen) atoms. The van der Waals surface area contributed by atoms with Gasteiger partial charge in [0.1, 0.15) is 5.75 Å². The SMILES string of the molecule is COc1ccc2c(c1)c1c(N(c3ccccc3)c3ccc4sc5ccccc5c4c3)cccc1n2-c1ccc(-c2ccccc2)cc1. The molecule has 9 rings (SSSR count). The predicted octanol–water partition coefficient (Wildman–Crippen LogP) is 12.3. The molecule has 0 fully saturated rings. The fraction of sp³-hybridized carbons (Fsp3) is 0.0233. The molecule has 224 valence electrons. The predicted molar refractivity (Wildman–Crippen MR) is 200 cm³/mol. The van der Waals surface area contributed by atoms with Crippen LogP contribution >= 0.6 is 11.3 Å². The van der Waals surface area contributed by atoms with E-state index < -0.39 is 0 Å². The van der Waals surface area contributed by atoms with Crippen molar-refractivity contribution in [3.05, 3.63) is 164 Å². The highest BCUT2D eigenvalue weighted by Crippen LogP contribution is 2.46. The van der Waals surface area contributed by atoms with E-state index in [-0.39, 0.29) is 0 Å². The van der Waals surface area contributed by atoms with Crippen LogP contribution in [0.2, 0.25) is 0 Å². The number of ether oxygens (including phenoxy) is 1. The normalized spacial score (nSPS) is 11.5. The van der Waals surface area contributed by atoms with Crippen LogP contribution in [0, 0.1) is 0 Å². The van der Waals surface area contributed by atoms with Crippen molar-refractivity contribution in [1.82, 2.24) is 4.57 Å². The third-order valence-corrected chi connectivity index (χ3v) is 10.2. The van der Waals surface area contributed by atoms with E-state index in [9.17, 15) is 0 Å². The quantitative estimate of drug-likeness (QED) is 0.184. The van der Waals surface area contributed by atoms with Crippen molar-refractivity contribution in [2.45, 2.75) is 0 Å². The topological polar surface area (TPSA) is 17.4 Å². The Bertz CT molecular complexity index is 2550. The first-order valence-corrected chi connectivity index (χ1v) is 16.6. The number of hydrogen-bond acceptors (Lipinski definition) is 3. The van der Waals surface area contributed by atoms with E-state index >= 15 is 0 Å². The van der Waals surface area contributed by atoms with Crippen LogP contribution in [-0.2, 0) is 0 Å². The van der Waals surface area contributed by atoms with Crippen LogP contribution in [0.4, 0.5) is 17.1 Å². The lowest BCUT2D eigenvalue weighted by Crippen LogP contribution is -2.10. The van der Waals surface area contributed by atoms with Gasteiger partial charge in [-0.2, -0.15) is 0 Å². The zero-order chi connectivity index (χ0) is 31.3. The van der Waals surface area contributed by atoms with E-state index in [4.69, 9.17) is 4.74 Å². The molecule has 2 aromatic heterocycles. The minimum Gasteiger partial charge on any atom is -0.497 e. The molecule has 0 bridgehead atoms. The second-order valence-electron chi connectivity index (χ2n) is 11.8. The second kappa shape index (κ2) is 11.2. The van der Waals surface area contributed by atoms with Crippen molar-refractivity contribution in [2.75, 3.05) is 12.0 Å². The summed E-state index contributed by atoms with van der Waals surface area (Å²) in [6.45, 7) is 0. The molecule has 0 aliphatic carbocycles.